The van der Waals surface area contributed by atoms with Gasteiger partial charge in [-0.25, -0.2) is 0 Å². The Kier molecular flexibility index (Phi) is 7.90. The van der Waals surface area contributed by atoms with Crippen molar-refractivity contribution in [3.05, 3.63) is 0 Å². The van der Waals surface area contributed by atoms with Crippen LogP contribution in [0.5, 0.6) is 0 Å². The molecule has 1 unspecified atom stereocenters. The maximum absolute atomic E-state index is 3.21. The highest BCUT2D eigenvalue weighted by Gasteiger charge is 2.03. The lowest BCUT2D eigenvalue weighted by molar-refractivity contribution is 0.435. The summed E-state index contributed by atoms with van der Waals surface area (Å²) in [6, 6.07) is 0. The third-order valence-corrected chi connectivity index (χ3v) is 2.53. The Balaban J connectivity index is 3.43. The molecule has 0 bridgehead atoms. The van der Waals surface area contributed by atoms with Gasteiger partial charge < -0.3 is 0 Å². The molecule has 0 aliphatic carbocycles. The summed E-state index contributed by atoms with van der Waals surface area (Å²) in [6.45, 7) is 8.78. The van der Waals surface area contributed by atoms with Gasteiger partial charge in [-0.1, -0.05) is 40.0 Å². The Bertz CT molecular complexity index is 159. The van der Waals surface area contributed by atoms with Gasteiger partial charge in [0, 0.05) is 5.92 Å². The minimum atomic E-state index is 0.592. The van der Waals surface area contributed by atoms with Gasteiger partial charge in [0.05, 0.1) is 0 Å². The van der Waals surface area contributed by atoms with Crippen LogP contribution in [-0.2, 0) is 0 Å². The van der Waals surface area contributed by atoms with Gasteiger partial charge in [0.25, 0.3) is 0 Å². The molecule has 0 radical (unpaired) electrons. The van der Waals surface area contributed by atoms with E-state index in [4.69, 9.17) is 0 Å². The van der Waals surface area contributed by atoms with Gasteiger partial charge in [0.15, 0.2) is 0 Å². The molecular formula is C13H24. The topological polar surface area (TPSA) is 0 Å². The summed E-state index contributed by atoms with van der Waals surface area (Å²) in [5, 5.41) is 0. The van der Waals surface area contributed by atoms with Crippen molar-refractivity contribution in [1.82, 2.24) is 0 Å². The average molecular weight is 180 g/mol. The monoisotopic (exact) mass is 180 g/mol. The van der Waals surface area contributed by atoms with E-state index in [2.05, 4.69) is 32.6 Å². The second-order valence-electron chi connectivity index (χ2n) is 4.12. The van der Waals surface area contributed by atoms with Crippen molar-refractivity contribution in [2.45, 2.75) is 59.8 Å². The molecule has 0 aromatic heterocycles. The van der Waals surface area contributed by atoms with Crippen molar-refractivity contribution in [2.75, 3.05) is 0 Å². The van der Waals surface area contributed by atoms with Gasteiger partial charge in [0.1, 0.15) is 0 Å². The van der Waals surface area contributed by atoms with Crippen molar-refractivity contribution < 1.29 is 0 Å². The summed E-state index contributed by atoms with van der Waals surface area (Å²) in [6.07, 6.45) is 6.72. The van der Waals surface area contributed by atoms with Crippen LogP contribution in [0.15, 0.2) is 0 Å². The van der Waals surface area contributed by atoms with Crippen molar-refractivity contribution in [2.24, 2.45) is 11.8 Å². The third kappa shape index (κ3) is 7.91. The molecule has 13 heavy (non-hydrogen) atoms. The first-order valence-corrected chi connectivity index (χ1v) is 5.63. The summed E-state index contributed by atoms with van der Waals surface area (Å²) in [4.78, 5) is 0. The zero-order valence-corrected chi connectivity index (χ0v) is 9.69. The molecule has 2 atom stereocenters. The molecule has 0 aromatic rings. The highest BCUT2D eigenvalue weighted by Crippen LogP contribution is 2.16. The highest BCUT2D eigenvalue weighted by atomic mass is 14.1. The molecule has 0 nitrogen and oxygen atoms in total. The predicted octanol–water partition coefficient (Wildman–Crippen LogP) is 4.25. The fraction of sp³-hybridized carbons (Fsp3) is 0.846. The van der Waals surface area contributed by atoms with E-state index in [-0.39, 0.29) is 0 Å². The number of unbranched alkanes of at least 4 members (excludes halogenated alkanes) is 1. The first-order valence-electron chi connectivity index (χ1n) is 5.63. The molecular weight excluding hydrogens is 156 g/mol. The SMILES string of the molecule is CC#CC(C)CC[C@H](C)CCCC. The molecule has 0 spiro atoms. The molecule has 0 rings (SSSR count). The smallest absolute Gasteiger partial charge is 0.0174 e. The minimum Gasteiger partial charge on any atom is -0.106 e. The summed E-state index contributed by atoms with van der Waals surface area (Å²) >= 11 is 0. The van der Waals surface area contributed by atoms with E-state index in [1.165, 1.54) is 32.1 Å². The van der Waals surface area contributed by atoms with Crippen molar-refractivity contribution in [3.63, 3.8) is 0 Å². The maximum Gasteiger partial charge on any atom is 0.0174 e. The van der Waals surface area contributed by atoms with Crippen LogP contribution in [0, 0.1) is 23.7 Å². The van der Waals surface area contributed by atoms with Crippen LogP contribution in [-0.4, -0.2) is 0 Å². The van der Waals surface area contributed by atoms with Gasteiger partial charge in [0.2, 0.25) is 0 Å². The quantitative estimate of drug-likeness (QED) is 0.536. The van der Waals surface area contributed by atoms with Crippen LogP contribution in [0.2, 0.25) is 0 Å². The Hall–Kier alpha value is -0.440. The summed E-state index contributed by atoms with van der Waals surface area (Å²) < 4.78 is 0. The molecule has 0 aliphatic rings. The van der Waals surface area contributed by atoms with E-state index in [1.807, 2.05) is 6.92 Å². The van der Waals surface area contributed by atoms with Crippen LogP contribution in [0.4, 0.5) is 0 Å². The lowest BCUT2D eigenvalue weighted by atomic mass is 9.94. The van der Waals surface area contributed by atoms with Crippen molar-refractivity contribution in [3.8, 4) is 11.8 Å². The first kappa shape index (κ1) is 12.6. The van der Waals surface area contributed by atoms with Crippen LogP contribution >= 0.6 is 0 Å². The molecule has 76 valence electrons. The van der Waals surface area contributed by atoms with Crippen LogP contribution < -0.4 is 0 Å². The number of rotatable bonds is 6. The predicted molar refractivity (Wildman–Crippen MR) is 60.5 cm³/mol. The van der Waals surface area contributed by atoms with E-state index in [1.54, 1.807) is 0 Å². The Morgan fingerprint density at radius 3 is 2.31 bits per heavy atom. The number of hydrogen-bond acceptors (Lipinski definition) is 0. The molecule has 0 amide bonds. The lowest BCUT2D eigenvalue weighted by Crippen LogP contribution is -1.98. The summed E-state index contributed by atoms with van der Waals surface area (Å²) in [5.74, 6) is 7.67. The van der Waals surface area contributed by atoms with E-state index < -0.39 is 0 Å². The second-order valence-corrected chi connectivity index (χ2v) is 4.12. The molecule has 0 fully saturated rings. The minimum absolute atomic E-state index is 0.592. The molecule has 0 saturated carbocycles. The summed E-state index contributed by atoms with van der Waals surface area (Å²) in [7, 11) is 0. The second kappa shape index (κ2) is 8.17. The van der Waals surface area contributed by atoms with Crippen LogP contribution in [0.3, 0.4) is 0 Å². The van der Waals surface area contributed by atoms with Gasteiger partial charge in [-0.05, 0) is 25.7 Å². The molecule has 0 saturated heterocycles. The average Bonchev–Trinajstić information content (AvgIpc) is 2.12. The van der Waals surface area contributed by atoms with E-state index in [0.29, 0.717) is 5.92 Å². The van der Waals surface area contributed by atoms with Gasteiger partial charge in [-0.2, -0.15) is 0 Å². The summed E-state index contributed by atoms with van der Waals surface area (Å²) in [5.41, 5.74) is 0. The largest absolute Gasteiger partial charge is 0.106 e. The Labute approximate surface area is 84.1 Å². The van der Waals surface area contributed by atoms with Gasteiger partial charge in [-0.3, -0.25) is 0 Å². The molecule has 0 heteroatoms. The van der Waals surface area contributed by atoms with E-state index in [0.717, 1.165) is 5.92 Å². The molecule has 0 heterocycles. The van der Waals surface area contributed by atoms with E-state index >= 15 is 0 Å². The maximum atomic E-state index is 3.21. The molecule has 0 aromatic carbocycles. The Morgan fingerprint density at radius 1 is 1.08 bits per heavy atom. The van der Waals surface area contributed by atoms with Crippen molar-refractivity contribution in [1.29, 1.82) is 0 Å². The standard InChI is InChI=1S/C13H24/c1-5-7-9-13(4)11-10-12(3)8-6-2/h12-13H,5,7,9-11H2,1-4H3/t12?,13-/m1/s1. The highest BCUT2D eigenvalue weighted by molar-refractivity contribution is 4.99. The zero-order valence-electron chi connectivity index (χ0n) is 9.69. The van der Waals surface area contributed by atoms with Crippen molar-refractivity contribution >= 4 is 0 Å². The third-order valence-electron chi connectivity index (χ3n) is 2.53. The number of hydrogen-bond donors (Lipinski definition) is 0. The normalized spacial score (nSPS) is 14.5. The lowest BCUT2D eigenvalue weighted by Gasteiger charge is -2.11. The zero-order chi connectivity index (χ0) is 10.1. The first-order chi connectivity index (χ1) is 6.20. The Morgan fingerprint density at radius 2 is 1.77 bits per heavy atom. The van der Waals surface area contributed by atoms with E-state index in [9.17, 15) is 0 Å². The van der Waals surface area contributed by atoms with Crippen LogP contribution in [0.1, 0.15) is 59.8 Å². The fourth-order valence-electron chi connectivity index (χ4n) is 1.55. The fourth-order valence-corrected chi connectivity index (χ4v) is 1.55. The molecule has 0 aliphatic heterocycles. The van der Waals surface area contributed by atoms with Crippen LogP contribution in [0.25, 0.3) is 0 Å². The van der Waals surface area contributed by atoms with Gasteiger partial charge in [-0.15, -0.1) is 11.8 Å². The van der Waals surface area contributed by atoms with Gasteiger partial charge >= 0.3 is 0 Å². The molecule has 0 N–H and O–H groups in total.